The quantitative estimate of drug-likeness (QED) is 0.705. The van der Waals surface area contributed by atoms with Crippen LogP contribution in [0, 0.1) is 0 Å². The number of carboxylic acid groups (broad SMARTS) is 1. The Morgan fingerprint density at radius 1 is 1.40 bits per heavy atom. The fraction of sp³-hybridized carbons (Fsp3) is 0.300. The van der Waals surface area contributed by atoms with Crippen molar-refractivity contribution >= 4 is 17.7 Å². The molecular weight excluding hydrogens is 214 g/mol. The maximum atomic E-state index is 10.7. The number of carboxylic acids is 1. The normalized spacial score (nSPS) is 25.3. The van der Waals surface area contributed by atoms with Crippen LogP contribution >= 0.6 is 11.8 Å². The first kappa shape index (κ1) is 10.3. The van der Waals surface area contributed by atoms with Gasteiger partial charge in [-0.25, -0.2) is 0 Å². The summed E-state index contributed by atoms with van der Waals surface area (Å²) < 4.78 is 0. The lowest BCUT2D eigenvalue weighted by atomic mass is 10.2. The molecule has 0 spiro atoms. The van der Waals surface area contributed by atoms with Gasteiger partial charge in [0, 0.05) is 6.54 Å². The third-order valence-corrected chi connectivity index (χ3v) is 3.67. The number of thioether (sulfide) groups is 1. The van der Waals surface area contributed by atoms with Crippen LogP contribution in [0.25, 0.3) is 0 Å². The zero-order chi connectivity index (χ0) is 10.8. The van der Waals surface area contributed by atoms with E-state index < -0.39 is 5.97 Å². The van der Waals surface area contributed by atoms with E-state index in [4.69, 9.17) is 10.2 Å². The van der Waals surface area contributed by atoms with Crippen LogP contribution in [0.1, 0.15) is 10.9 Å². The van der Waals surface area contributed by atoms with Gasteiger partial charge in [-0.2, -0.15) is 0 Å². The van der Waals surface area contributed by atoms with Gasteiger partial charge in [0.05, 0.1) is 5.37 Å². The molecule has 0 saturated carbocycles. The Morgan fingerprint density at radius 3 is 2.60 bits per heavy atom. The number of hydrogen-bond acceptors (Lipinski definition) is 4. The molecule has 0 bridgehead atoms. The molecule has 5 heteroatoms. The second-order valence-electron chi connectivity index (χ2n) is 3.34. The van der Waals surface area contributed by atoms with Gasteiger partial charge in [0.15, 0.2) is 0 Å². The number of aliphatic carboxylic acids is 1. The van der Waals surface area contributed by atoms with Crippen LogP contribution in [-0.2, 0) is 4.79 Å². The SMILES string of the molecule is O=C(O)C1CNC(c2ccc(O)cc2)S1. The van der Waals surface area contributed by atoms with Gasteiger partial charge in [-0.3, -0.25) is 10.1 Å². The van der Waals surface area contributed by atoms with E-state index in [0.29, 0.717) is 6.54 Å². The largest absolute Gasteiger partial charge is 0.508 e. The van der Waals surface area contributed by atoms with Gasteiger partial charge in [-0.15, -0.1) is 11.8 Å². The average Bonchev–Trinajstić information content (AvgIpc) is 2.68. The number of phenolic OH excluding ortho intramolecular Hbond substituents is 1. The summed E-state index contributed by atoms with van der Waals surface area (Å²) in [6.07, 6.45) is 0. The highest BCUT2D eigenvalue weighted by Crippen LogP contribution is 2.35. The van der Waals surface area contributed by atoms with Gasteiger partial charge in [-0.05, 0) is 17.7 Å². The topological polar surface area (TPSA) is 69.6 Å². The van der Waals surface area contributed by atoms with Crippen molar-refractivity contribution in [2.24, 2.45) is 0 Å². The van der Waals surface area contributed by atoms with E-state index in [1.165, 1.54) is 11.8 Å². The average molecular weight is 225 g/mol. The van der Waals surface area contributed by atoms with E-state index >= 15 is 0 Å². The van der Waals surface area contributed by atoms with Crippen molar-refractivity contribution in [3.63, 3.8) is 0 Å². The van der Waals surface area contributed by atoms with Crippen molar-refractivity contribution in [1.29, 1.82) is 0 Å². The van der Waals surface area contributed by atoms with Crippen molar-refractivity contribution in [3.05, 3.63) is 29.8 Å². The number of rotatable bonds is 2. The van der Waals surface area contributed by atoms with E-state index in [1.54, 1.807) is 24.3 Å². The van der Waals surface area contributed by atoms with Gasteiger partial charge in [-0.1, -0.05) is 12.1 Å². The monoisotopic (exact) mass is 225 g/mol. The highest BCUT2D eigenvalue weighted by atomic mass is 32.2. The minimum Gasteiger partial charge on any atom is -0.508 e. The van der Waals surface area contributed by atoms with E-state index in [1.807, 2.05) is 0 Å². The van der Waals surface area contributed by atoms with Crippen molar-refractivity contribution < 1.29 is 15.0 Å². The molecule has 2 unspecified atom stereocenters. The van der Waals surface area contributed by atoms with Gasteiger partial charge < -0.3 is 10.2 Å². The molecule has 0 amide bonds. The number of carbonyl (C=O) groups is 1. The van der Waals surface area contributed by atoms with Crippen molar-refractivity contribution in [2.75, 3.05) is 6.54 Å². The van der Waals surface area contributed by atoms with Crippen LogP contribution in [0.2, 0.25) is 0 Å². The molecule has 0 radical (unpaired) electrons. The lowest BCUT2D eigenvalue weighted by Gasteiger charge is -2.09. The van der Waals surface area contributed by atoms with Crippen molar-refractivity contribution in [3.8, 4) is 5.75 Å². The van der Waals surface area contributed by atoms with Gasteiger partial charge in [0.2, 0.25) is 0 Å². The van der Waals surface area contributed by atoms with Crippen LogP contribution in [0.4, 0.5) is 0 Å². The zero-order valence-corrected chi connectivity index (χ0v) is 8.70. The molecule has 1 aliphatic rings. The molecule has 2 atom stereocenters. The summed E-state index contributed by atoms with van der Waals surface area (Å²) in [7, 11) is 0. The second kappa shape index (κ2) is 4.12. The minimum atomic E-state index is -0.784. The fourth-order valence-electron chi connectivity index (χ4n) is 1.47. The lowest BCUT2D eigenvalue weighted by Crippen LogP contribution is -2.21. The second-order valence-corrected chi connectivity index (χ2v) is 4.66. The minimum absolute atomic E-state index is 0.00620. The first-order valence-corrected chi connectivity index (χ1v) is 5.51. The molecule has 1 aromatic rings. The summed E-state index contributed by atoms with van der Waals surface area (Å²) in [6.45, 7) is 0.478. The third-order valence-electron chi connectivity index (χ3n) is 2.26. The third kappa shape index (κ3) is 2.24. The Balaban J connectivity index is 2.07. The van der Waals surface area contributed by atoms with Gasteiger partial charge in [0.1, 0.15) is 11.0 Å². The summed E-state index contributed by atoms with van der Waals surface area (Å²) in [4.78, 5) is 10.7. The first-order valence-electron chi connectivity index (χ1n) is 4.57. The molecule has 1 aromatic carbocycles. The molecule has 80 valence electrons. The molecule has 15 heavy (non-hydrogen) atoms. The van der Waals surface area contributed by atoms with E-state index in [2.05, 4.69) is 5.32 Å². The number of hydrogen-bond donors (Lipinski definition) is 3. The summed E-state index contributed by atoms with van der Waals surface area (Å²) in [5.41, 5.74) is 0.988. The Hall–Kier alpha value is -1.20. The van der Waals surface area contributed by atoms with E-state index in [0.717, 1.165) is 5.56 Å². The van der Waals surface area contributed by atoms with Crippen LogP contribution < -0.4 is 5.32 Å². The standard InChI is InChI=1S/C10H11NO3S/c12-7-3-1-6(2-4-7)9-11-5-8(15-9)10(13)14/h1-4,8-9,11-12H,5H2,(H,13,14). The Kier molecular flexibility index (Phi) is 2.83. The highest BCUT2D eigenvalue weighted by molar-refractivity contribution is 8.01. The zero-order valence-electron chi connectivity index (χ0n) is 7.88. The van der Waals surface area contributed by atoms with Crippen LogP contribution in [0.3, 0.4) is 0 Å². The molecule has 3 N–H and O–H groups in total. The molecule has 0 aromatic heterocycles. The van der Waals surface area contributed by atoms with Gasteiger partial charge >= 0.3 is 5.97 Å². The summed E-state index contributed by atoms with van der Waals surface area (Å²) in [5.74, 6) is -0.565. The van der Waals surface area contributed by atoms with E-state index in [-0.39, 0.29) is 16.4 Å². The fourth-order valence-corrected chi connectivity index (χ4v) is 2.61. The molecule has 2 rings (SSSR count). The van der Waals surface area contributed by atoms with Gasteiger partial charge in [0.25, 0.3) is 0 Å². The molecular formula is C10H11NO3S. The molecule has 1 saturated heterocycles. The summed E-state index contributed by atoms with van der Waals surface area (Å²) >= 11 is 1.39. The Labute approximate surface area is 91.3 Å². The number of aromatic hydroxyl groups is 1. The smallest absolute Gasteiger partial charge is 0.318 e. The predicted molar refractivity (Wildman–Crippen MR) is 57.9 cm³/mol. The number of nitrogens with one attached hydrogen (secondary N) is 1. The molecule has 1 heterocycles. The summed E-state index contributed by atoms with van der Waals surface area (Å²) in [5, 5.41) is 20.7. The Morgan fingerprint density at radius 2 is 2.07 bits per heavy atom. The highest BCUT2D eigenvalue weighted by Gasteiger charge is 2.30. The predicted octanol–water partition coefficient (Wildman–Crippen LogP) is 1.18. The lowest BCUT2D eigenvalue weighted by molar-refractivity contribution is -0.136. The van der Waals surface area contributed by atoms with Crippen molar-refractivity contribution in [1.82, 2.24) is 5.32 Å². The Bertz CT molecular complexity index is 365. The summed E-state index contributed by atoms with van der Waals surface area (Å²) in [6, 6.07) is 6.80. The molecule has 1 fully saturated rings. The van der Waals surface area contributed by atoms with Crippen LogP contribution in [0.5, 0.6) is 5.75 Å². The van der Waals surface area contributed by atoms with E-state index in [9.17, 15) is 4.79 Å². The number of phenols is 1. The van der Waals surface area contributed by atoms with Crippen LogP contribution in [-0.4, -0.2) is 28.0 Å². The molecule has 1 aliphatic heterocycles. The first-order chi connectivity index (χ1) is 7.16. The number of benzene rings is 1. The van der Waals surface area contributed by atoms with Crippen molar-refractivity contribution in [2.45, 2.75) is 10.6 Å². The maximum absolute atomic E-state index is 10.7. The molecule has 4 nitrogen and oxygen atoms in total. The molecule has 0 aliphatic carbocycles. The maximum Gasteiger partial charge on any atom is 0.318 e. The van der Waals surface area contributed by atoms with Crippen LogP contribution in [0.15, 0.2) is 24.3 Å².